The van der Waals surface area contributed by atoms with Crippen molar-refractivity contribution in [3.8, 4) is 0 Å². The van der Waals surface area contributed by atoms with Gasteiger partial charge in [-0.05, 0) is 57.0 Å². The van der Waals surface area contributed by atoms with E-state index >= 15 is 0 Å². The molecule has 1 saturated heterocycles. The number of nitrogens with one attached hydrogen (secondary N) is 2. The van der Waals surface area contributed by atoms with Crippen LogP contribution in [0.25, 0.3) is 0 Å². The number of likely N-dealkylation sites (tertiary alicyclic amines) is 1. The Hall–Kier alpha value is -1.62. The maximum absolute atomic E-state index is 13.5. The molecule has 0 spiro atoms. The molecule has 1 unspecified atom stereocenters. The lowest BCUT2D eigenvalue weighted by molar-refractivity contribution is 0.309. The van der Waals surface area contributed by atoms with Crippen molar-refractivity contribution >= 4 is 5.96 Å². The molecule has 4 nitrogen and oxygen atoms in total. The number of nitrogens with zero attached hydrogens (tertiary/aromatic N) is 2. The second kappa shape index (κ2) is 6.87. The van der Waals surface area contributed by atoms with Crippen molar-refractivity contribution in [1.29, 1.82) is 0 Å². The lowest BCUT2D eigenvalue weighted by Gasteiger charge is -2.23. The lowest BCUT2D eigenvalue weighted by Crippen LogP contribution is -2.45. The van der Waals surface area contributed by atoms with Crippen LogP contribution in [-0.4, -0.2) is 50.6 Å². The number of aliphatic imine (C=N–C) groups is 1. The highest BCUT2D eigenvalue weighted by atomic mass is 19.1. The molecule has 2 fully saturated rings. The normalized spacial score (nSPS) is 23.8. The van der Waals surface area contributed by atoms with Crippen LogP contribution in [0.3, 0.4) is 0 Å². The Morgan fingerprint density at radius 2 is 2.22 bits per heavy atom. The number of rotatable bonds is 5. The van der Waals surface area contributed by atoms with E-state index in [0.717, 1.165) is 37.5 Å². The molecule has 5 heteroatoms. The van der Waals surface area contributed by atoms with E-state index in [4.69, 9.17) is 0 Å². The first kappa shape index (κ1) is 16.2. The van der Waals surface area contributed by atoms with Gasteiger partial charge in [-0.2, -0.15) is 0 Å². The summed E-state index contributed by atoms with van der Waals surface area (Å²) in [5, 5.41) is 6.85. The van der Waals surface area contributed by atoms with Crippen LogP contribution in [0.4, 0.5) is 4.39 Å². The highest BCUT2D eigenvalue weighted by molar-refractivity contribution is 5.79. The molecule has 1 aromatic rings. The molecule has 1 aromatic carbocycles. The molecule has 2 aliphatic rings. The zero-order valence-electron chi connectivity index (χ0n) is 14.1. The summed E-state index contributed by atoms with van der Waals surface area (Å²) < 4.78 is 13.5. The Labute approximate surface area is 138 Å². The Balaban J connectivity index is 1.52. The predicted molar refractivity (Wildman–Crippen MR) is 92.3 cm³/mol. The summed E-state index contributed by atoms with van der Waals surface area (Å²) in [6.45, 7) is 2.90. The molecule has 0 bridgehead atoms. The van der Waals surface area contributed by atoms with E-state index in [1.54, 1.807) is 19.2 Å². The van der Waals surface area contributed by atoms with Gasteiger partial charge >= 0.3 is 0 Å². The van der Waals surface area contributed by atoms with Gasteiger partial charge in [0, 0.05) is 31.6 Å². The Bertz CT molecular complexity index is 568. The topological polar surface area (TPSA) is 39.7 Å². The number of likely N-dealkylation sites (N-methyl/N-ethyl adjacent to an activating group) is 1. The van der Waals surface area contributed by atoms with Crippen molar-refractivity contribution in [1.82, 2.24) is 15.5 Å². The van der Waals surface area contributed by atoms with Crippen LogP contribution in [0.2, 0.25) is 0 Å². The summed E-state index contributed by atoms with van der Waals surface area (Å²) in [5.41, 5.74) is 1.17. The molecule has 3 rings (SSSR count). The number of hydrogen-bond acceptors (Lipinski definition) is 2. The van der Waals surface area contributed by atoms with E-state index in [9.17, 15) is 4.39 Å². The zero-order valence-corrected chi connectivity index (χ0v) is 14.1. The molecule has 1 aliphatic carbocycles. The van der Waals surface area contributed by atoms with Gasteiger partial charge in [-0.1, -0.05) is 12.1 Å². The molecule has 0 aromatic heterocycles. The third-order valence-corrected chi connectivity index (χ3v) is 5.29. The molecule has 1 heterocycles. The van der Waals surface area contributed by atoms with Gasteiger partial charge in [0.25, 0.3) is 0 Å². The van der Waals surface area contributed by atoms with Gasteiger partial charge in [-0.3, -0.25) is 4.99 Å². The van der Waals surface area contributed by atoms with Crippen LogP contribution in [0.1, 0.15) is 31.2 Å². The molecule has 1 atom stereocenters. The maximum atomic E-state index is 13.5. The number of benzene rings is 1. The summed E-state index contributed by atoms with van der Waals surface area (Å²) >= 11 is 0. The summed E-state index contributed by atoms with van der Waals surface area (Å²) in [6, 6.07) is 7.59. The van der Waals surface area contributed by atoms with Crippen molar-refractivity contribution in [3.63, 3.8) is 0 Å². The van der Waals surface area contributed by atoms with Crippen molar-refractivity contribution in [2.45, 2.75) is 37.1 Å². The summed E-state index contributed by atoms with van der Waals surface area (Å²) in [7, 11) is 3.98. The largest absolute Gasteiger partial charge is 0.356 e. The molecule has 1 saturated carbocycles. The van der Waals surface area contributed by atoms with E-state index in [-0.39, 0.29) is 11.2 Å². The van der Waals surface area contributed by atoms with E-state index in [1.807, 2.05) is 6.07 Å². The van der Waals surface area contributed by atoms with Gasteiger partial charge in [0.05, 0.1) is 0 Å². The predicted octanol–water partition coefficient (Wildman–Crippen LogP) is 2.12. The summed E-state index contributed by atoms with van der Waals surface area (Å²) in [5.74, 6) is 0.688. The van der Waals surface area contributed by atoms with Crippen molar-refractivity contribution in [3.05, 3.63) is 35.6 Å². The molecular formula is C18H27FN4. The minimum Gasteiger partial charge on any atom is -0.356 e. The third-order valence-electron chi connectivity index (χ3n) is 5.29. The van der Waals surface area contributed by atoms with Gasteiger partial charge in [-0.25, -0.2) is 4.39 Å². The first-order valence-corrected chi connectivity index (χ1v) is 8.54. The minimum absolute atomic E-state index is 0.0733. The summed E-state index contributed by atoms with van der Waals surface area (Å²) in [4.78, 5) is 6.72. The first-order chi connectivity index (χ1) is 11.1. The number of halogens is 1. The minimum atomic E-state index is -0.152. The van der Waals surface area contributed by atoms with Crippen LogP contribution in [0, 0.1) is 5.82 Å². The van der Waals surface area contributed by atoms with Gasteiger partial charge in [-0.15, -0.1) is 0 Å². The molecular weight excluding hydrogens is 291 g/mol. The second-order valence-electron chi connectivity index (χ2n) is 6.87. The highest BCUT2D eigenvalue weighted by Crippen LogP contribution is 2.47. The zero-order chi connectivity index (χ0) is 16.3. The monoisotopic (exact) mass is 318 g/mol. The first-order valence-electron chi connectivity index (χ1n) is 8.54. The second-order valence-corrected chi connectivity index (χ2v) is 6.87. The van der Waals surface area contributed by atoms with Gasteiger partial charge in [0.1, 0.15) is 5.82 Å². The molecule has 23 heavy (non-hydrogen) atoms. The molecule has 0 amide bonds. The van der Waals surface area contributed by atoms with Crippen LogP contribution in [0.15, 0.2) is 29.3 Å². The van der Waals surface area contributed by atoms with Crippen molar-refractivity contribution in [2.24, 2.45) is 4.99 Å². The standard InChI is InChI=1S/C18H27FN4/c1-20-17(21-12-16-7-4-10-23(16)2)22-13-18(8-9-18)14-5-3-6-15(19)11-14/h3,5-6,11,16H,4,7-10,12-13H2,1-2H3,(H2,20,21,22). The lowest BCUT2D eigenvalue weighted by atomic mass is 9.96. The Kier molecular flexibility index (Phi) is 4.85. The van der Waals surface area contributed by atoms with Gasteiger partial charge in [0.2, 0.25) is 0 Å². The molecule has 2 N–H and O–H groups in total. The van der Waals surface area contributed by atoms with Crippen molar-refractivity contribution < 1.29 is 4.39 Å². The SMILES string of the molecule is CN=C(NCC1CCCN1C)NCC1(c2cccc(F)c2)CC1. The smallest absolute Gasteiger partial charge is 0.191 e. The van der Waals surface area contributed by atoms with E-state index in [2.05, 4.69) is 27.6 Å². The molecule has 0 radical (unpaired) electrons. The Morgan fingerprint density at radius 1 is 1.39 bits per heavy atom. The van der Waals surface area contributed by atoms with E-state index in [1.165, 1.54) is 25.5 Å². The van der Waals surface area contributed by atoms with Crippen LogP contribution in [-0.2, 0) is 5.41 Å². The average molecular weight is 318 g/mol. The van der Waals surface area contributed by atoms with E-state index in [0.29, 0.717) is 6.04 Å². The fourth-order valence-corrected chi connectivity index (χ4v) is 3.46. The van der Waals surface area contributed by atoms with Crippen LogP contribution >= 0.6 is 0 Å². The summed E-state index contributed by atoms with van der Waals surface area (Å²) in [6.07, 6.45) is 4.73. The van der Waals surface area contributed by atoms with Crippen LogP contribution in [0.5, 0.6) is 0 Å². The van der Waals surface area contributed by atoms with E-state index < -0.39 is 0 Å². The quantitative estimate of drug-likeness (QED) is 0.645. The Morgan fingerprint density at radius 3 is 2.83 bits per heavy atom. The third kappa shape index (κ3) is 3.83. The van der Waals surface area contributed by atoms with Crippen LogP contribution < -0.4 is 10.6 Å². The maximum Gasteiger partial charge on any atom is 0.191 e. The fourth-order valence-electron chi connectivity index (χ4n) is 3.46. The number of guanidine groups is 1. The molecule has 126 valence electrons. The number of hydrogen-bond donors (Lipinski definition) is 2. The van der Waals surface area contributed by atoms with Gasteiger partial charge < -0.3 is 15.5 Å². The average Bonchev–Trinajstić information content (AvgIpc) is 3.24. The van der Waals surface area contributed by atoms with Crippen molar-refractivity contribution in [2.75, 3.05) is 33.7 Å². The highest BCUT2D eigenvalue weighted by Gasteiger charge is 2.44. The fraction of sp³-hybridized carbons (Fsp3) is 0.611. The van der Waals surface area contributed by atoms with Gasteiger partial charge in [0.15, 0.2) is 5.96 Å². The molecule has 1 aliphatic heterocycles.